The molecule has 0 unspecified atom stereocenters. The minimum absolute atomic E-state index is 0.108. The van der Waals surface area contributed by atoms with E-state index in [1.807, 2.05) is 0 Å². The van der Waals surface area contributed by atoms with Gasteiger partial charge in [-0.2, -0.15) is 0 Å². The van der Waals surface area contributed by atoms with E-state index in [9.17, 15) is 29.4 Å². The van der Waals surface area contributed by atoms with Gasteiger partial charge in [0.1, 0.15) is 0 Å². The average Bonchev–Trinajstić information content (AvgIpc) is 2.66. The van der Waals surface area contributed by atoms with Crippen LogP contribution in [0.15, 0.2) is 24.3 Å². The van der Waals surface area contributed by atoms with Crippen LogP contribution < -0.4 is 0 Å². The Morgan fingerprint density at radius 1 is 0.724 bits per heavy atom. The maximum atomic E-state index is 12.5. The highest BCUT2D eigenvalue weighted by atomic mass is 16.6. The zero-order valence-corrected chi connectivity index (χ0v) is 16.3. The molecule has 0 saturated heterocycles. The summed E-state index contributed by atoms with van der Waals surface area (Å²) in [4.78, 5) is 55.8. The van der Waals surface area contributed by atoms with Crippen molar-refractivity contribution in [1.29, 1.82) is 0 Å². The van der Waals surface area contributed by atoms with E-state index in [0.29, 0.717) is 11.4 Å². The summed E-state index contributed by atoms with van der Waals surface area (Å²) in [7, 11) is 0. The van der Waals surface area contributed by atoms with Crippen molar-refractivity contribution in [3.05, 3.63) is 58.2 Å². The van der Waals surface area contributed by atoms with E-state index in [-0.39, 0.29) is 11.8 Å². The van der Waals surface area contributed by atoms with Crippen molar-refractivity contribution in [1.82, 2.24) is 9.97 Å². The quantitative estimate of drug-likeness (QED) is 0.552. The molecule has 2 N–H and O–H groups in total. The highest BCUT2D eigenvalue weighted by molar-refractivity contribution is 6.09. The number of carboxylic acid groups (broad SMARTS) is 2. The maximum Gasteiger partial charge on any atom is 0.365 e. The number of carbonyl (C=O) groups excluding carboxylic acids is 2. The summed E-state index contributed by atoms with van der Waals surface area (Å²) in [5.41, 5.74) is -1.10. The first-order valence-corrected chi connectivity index (χ1v) is 8.77. The molecule has 0 aliphatic heterocycles. The van der Waals surface area contributed by atoms with Crippen molar-refractivity contribution in [3.8, 4) is 0 Å². The van der Waals surface area contributed by atoms with Crippen LogP contribution in [0, 0.1) is 0 Å². The second-order valence-corrected chi connectivity index (χ2v) is 6.86. The van der Waals surface area contributed by atoms with Crippen molar-refractivity contribution in [2.45, 2.75) is 39.5 Å². The number of aromatic carboxylic acids is 2. The van der Waals surface area contributed by atoms with Gasteiger partial charge in [-0.05, 0) is 36.1 Å². The lowest BCUT2D eigenvalue weighted by Crippen LogP contribution is -2.21. The van der Waals surface area contributed by atoms with Crippen LogP contribution in [0.4, 0.5) is 0 Å². The molecule has 29 heavy (non-hydrogen) atoms. The van der Waals surface area contributed by atoms with E-state index < -0.39 is 46.4 Å². The molecule has 2 aromatic rings. The first kappa shape index (κ1) is 21.7. The number of rotatable bonds is 6. The first-order valence-electron chi connectivity index (χ1n) is 8.77. The summed E-state index contributed by atoms with van der Waals surface area (Å²) < 4.78 is 4.74. The fourth-order valence-electron chi connectivity index (χ4n) is 2.43. The van der Waals surface area contributed by atoms with Crippen molar-refractivity contribution in [2.75, 3.05) is 0 Å². The summed E-state index contributed by atoms with van der Waals surface area (Å²) in [5.74, 6) is -5.66. The summed E-state index contributed by atoms with van der Waals surface area (Å²) in [5, 5.41) is 18.6. The molecule has 0 amide bonds. The molecule has 0 aliphatic rings. The summed E-state index contributed by atoms with van der Waals surface area (Å²) in [6, 6.07) is 5.32. The van der Waals surface area contributed by atoms with Crippen LogP contribution in [0.5, 0.6) is 0 Å². The summed E-state index contributed by atoms with van der Waals surface area (Å²) >= 11 is 0. The average molecular weight is 400 g/mol. The largest absolute Gasteiger partial charge is 0.478 e. The van der Waals surface area contributed by atoms with Crippen molar-refractivity contribution in [2.24, 2.45) is 0 Å². The fraction of sp³-hybridized carbons (Fsp3) is 0.300. The van der Waals surface area contributed by atoms with Gasteiger partial charge in [0.25, 0.3) is 0 Å². The smallest absolute Gasteiger partial charge is 0.365 e. The standard InChI is InChI=1S/C20H20N2O7/c1-9(2)13-7-5-11(17(23)24)15(21-13)19(27)29-20(28)16-12(18(25)26)6-8-14(22-16)10(3)4/h5-10H,1-4H3,(H,23,24)(H,25,26). The van der Waals surface area contributed by atoms with Gasteiger partial charge in [0.2, 0.25) is 0 Å². The predicted octanol–water partition coefficient (Wildman–Crippen LogP) is 3.12. The lowest BCUT2D eigenvalue weighted by molar-refractivity contribution is 0.0377. The van der Waals surface area contributed by atoms with Gasteiger partial charge in [0, 0.05) is 11.4 Å². The number of hydrogen-bond acceptors (Lipinski definition) is 7. The number of nitrogens with zero attached hydrogens (tertiary/aromatic N) is 2. The molecule has 0 spiro atoms. The first-order chi connectivity index (χ1) is 13.5. The fourth-order valence-corrected chi connectivity index (χ4v) is 2.43. The molecule has 9 nitrogen and oxygen atoms in total. The minimum atomic E-state index is -1.42. The molecule has 0 atom stereocenters. The van der Waals surface area contributed by atoms with Gasteiger partial charge in [-0.15, -0.1) is 0 Å². The SMILES string of the molecule is CC(C)c1ccc(C(=O)O)c(C(=O)OC(=O)c2nc(C(C)C)ccc2C(=O)O)n1. The number of carbonyl (C=O) groups is 4. The van der Waals surface area contributed by atoms with Gasteiger partial charge in [0.05, 0.1) is 11.1 Å². The van der Waals surface area contributed by atoms with E-state index >= 15 is 0 Å². The van der Waals surface area contributed by atoms with Crippen LogP contribution in [0.1, 0.15) is 92.6 Å². The molecule has 0 saturated carbocycles. The van der Waals surface area contributed by atoms with E-state index in [4.69, 9.17) is 4.74 Å². The predicted molar refractivity (Wildman–Crippen MR) is 100 cm³/mol. The third kappa shape index (κ3) is 4.81. The van der Waals surface area contributed by atoms with Crippen LogP contribution in [0.3, 0.4) is 0 Å². The molecule has 2 heterocycles. The number of carboxylic acids is 2. The molecule has 2 aromatic heterocycles. The topological polar surface area (TPSA) is 144 Å². The zero-order valence-electron chi connectivity index (χ0n) is 16.3. The summed E-state index contributed by atoms with van der Waals surface area (Å²) in [6.45, 7) is 7.18. The molecule has 0 bridgehead atoms. The molecule has 0 aliphatic carbocycles. The molecule has 2 rings (SSSR count). The number of hydrogen-bond donors (Lipinski definition) is 2. The molecular weight excluding hydrogens is 380 g/mol. The Kier molecular flexibility index (Phi) is 6.42. The van der Waals surface area contributed by atoms with Crippen molar-refractivity contribution in [3.63, 3.8) is 0 Å². The van der Waals surface area contributed by atoms with Gasteiger partial charge in [-0.1, -0.05) is 27.7 Å². The lowest BCUT2D eigenvalue weighted by atomic mass is 10.1. The second kappa shape index (κ2) is 8.59. The lowest BCUT2D eigenvalue weighted by Gasteiger charge is -2.11. The number of aromatic nitrogens is 2. The Hall–Kier alpha value is -3.62. The Morgan fingerprint density at radius 2 is 1.07 bits per heavy atom. The van der Waals surface area contributed by atoms with Gasteiger partial charge < -0.3 is 14.9 Å². The minimum Gasteiger partial charge on any atom is -0.478 e. The molecule has 0 fully saturated rings. The van der Waals surface area contributed by atoms with Crippen LogP contribution in [-0.2, 0) is 4.74 Å². The Labute approximate surface area is 166 Å². The van der Waals surface area contributed by atoms with Gasteiger partial charge in [-0.25, -0.2) is 29.1 Å². The molecule has 152 valence electrons. The number of pyridine rings is 2. The second-order valence-electron chi connectivity index (χ2n) is 6.86. The van der Waals surface area contributed by atoms with E-state index in [1.54, 1.807) is 27.7 Å². The van der Waals surface area contributed by atoms with Crippen molar-refractivity contribution < 1.29 is 34.1 Å². The van der Waals surface area contributed by atoms with E-state index in [1.165, 1.54) is 24.3 Å². The number of esters is 2. The van der Waals surface area contributed by atoms with Crippen molar-refractivity contribution >= 4 is 23.9 Å². The third-order valence-electron chi connectivity index (χ3n) is 4.05. The zero-order chi connectivity index (χ0) is 21.9. The van der Waals surface area contributed by atoms with Gasteiger partial charge in [0.15, 0.2) is 11.4 Å². The molecule has 0 aromatic carbocycles. The highest BCUT2D eigenvalue weighted by Crippen LogP contribution is 2.19. The normalized spacial score (nSPS) is 10.8. The van der Waals surface area contributed by atoms with Crippen LogP contribution in [0.2, 0.25) is 0 Å². The number of ether oxygens (including phenoxy) is 1. The van der Waals surface area contributed by atoms with Crippen LogP contribution >= 0.6 is 0 Å². The Morgan fingerprint density at radius 3 is 1.34 bits per heavy atom. The Bertz CT molecular complexity index is 917. The molecular formula is C20H20N2O7. The molecule has 9 heteroatoms. The van der Waals surface area contributed by atoms with Crippen LogP contribution in [-0.4, -0.2) is 44.1 Å². The summed E-state index contributed by atoms with van der Waals surface area (Å²) in [6.07, 6.45) is 0. The maximum absolute atomic E-state index is 12.5. The molecule has 0 radical (unpaired) electrons. The highest BCUT2D eigenvalue weighted by Gasteiger charge is 2.27. The van der Waals surface area contributed by atoms with E-state index in [2.05, 4.69) is 9.97 Å². The monoisotopic (exact) mass is 400 g/mol. The van der Waals surface area contributed by atoms with E-state index in [0.717, 1.165) is 0 Å². The third-order valence-corrected chi connectivity index (χ3v) is 4.05. The van der Waals surface area contributed by atoms with Gasteiger partial charge >= 0.3 is 23.9 Å². The van der Waals surface area contributed by atoms with Gasteiger partial charge in [-0.3, -0.25) is 0 Å². The Balaban J connectivity index is 2.45. The van der Waals surface area contributed by atoms with Crippen LogP contribution in [0.25, 0.3) is 0 Å².